The molecule has 23 heavy (non-hydrogen) atoms. The summed E-state index contributed by atoms with van der Waals surface area (Å²) in [5.41, 5.74) is 2.69. The molecule has 1 heterocycles. The van der Waals surface area contributed by atoms with Gasteiger partial charge in [-0.2, -0.15) is 0 Å². The van der Waals surface area contributed by atoms with Crippen molar-refractivity contribution in [2.24, 2.45) is 0 Å². The third-order valence-electron chi connectivity index (χ3n) is 4.05. The number of quaternary nitrogens is 1. The van der Waals surface area contributed by atoms with Crippen LogP contribution in [-0.2, 0) is 16.1 Å². The van der Waals surface area contributed by atoms with E-state index in [1.54, 1.807) is 0 Å². The van der Waals surface area contributed by atoms with E-state index in [1.165, 1.54) is 4.90 Å². The van der Waals surface area contributed by atoms with Crippen LogP contribution < -0.4 is 10.2 Å². The number of nitrogens with two attached hydrogens (primary N) is 1. The number of benzene rings is 2. The van der Waals surface area contributed by atoms with E-state index < -0.39 is 0 Å². The summed E-state index contributed by atoms with van der Waals surface area (Å²) in [7, 11) is 0. The highest BCUT2D eigenvalue weighted by atomic mass is 35.5. The van der Waals surface area contributed by atoms with Crippen LogP contribution in [0, 0.1) is 6.92 Å². The molecule has 0 aromatic heterocycles. The van der Waals surface area contributed by atoms with Crippen molar-refractivity contribution in [3.05, 3.63) is 64.7 Å². The molecule has 118 valence electrons. The molecule has 0 bridgehead atoms. The summed E-state index contributed by atoms with van der Waals surface area (Å²) < 4.78 is 0. The van der Waals surface area contributed by atoms with E-state index in [4.69, 9.17) is 11.6 Å². The Kier molecular flexibility index (Phi) is 4.46. The van der Waals surface area contributed by atoms with Crippen LogP contribution in [0.25, 0.3) is 0 Å². The van der Waals surface area contributed by atoms with Crippen LogP contribution in [0.2, 0.25) is 5.02 Å². The van der Waals surface area contributed by atoms with Gasteiger partial charge in [-0.05, 0) is 25.1 Å². The fourth-order valence-electron chi connectivity index (χ4n) is 2.74. The molecule has 0 aliphatic carbocycles. The molecular weight excluding hydrogens is 312 g/mol. The van der Waals surface area contributed by atoms with Crippen LogP contribution in [0.3, 0.4) is 0 Å². The van der Waals surface area contributed by atoms with E-state index >= 15 is 0 Å². The van der Waals surface area contributed by atoms with Crippen LogP contribution in [0.4, 0.5) is 5.69 Å². The highest BCUT2D eigenvalue weighted by Crippen LogP contribution is 2.22. The first-order valence-electron chi connectivity index (χ1n) is 7.56. The lowest BCUT2D eigenvalue weighted by atomic mass is 10.2. The summed E-state index contributed by atoms with van der Waals surface area (Å²) >= 11 is 6.13. The fourth-order valence-corrected chi connectivity index (χ4v) is 2.95. The predicted molar refractivity (Wildman–Crippen MR) is 89.2 cm³/mol. The van der Waals surface area contributed by atoms with Crippen molar-refractivity contribution in [2.75, 3.05) is 4.90 Å². The van der Waals surface area contributed by atoms with Gasteiger partial charge in [-0.25, -0.2) is 4.90 Å². The number of rotatable bonds is 4. The molecule has 1 saturated heterocycles. The molecule has 1 unspecified atom stereocenters. The quantitative estimate of drug-likeness (QED) is 0.873. The minimum Gasteiger partial charge on any atom is -0.332 e. The van der Waals surface area contributed by atoms with Crippen molar-refractivity contribution in [2.45, 2.75) is 25.9 Å². The first kappa shape index (κ1) is 15.7. The van der Waals surface area contributed by atoms with Crippen molar-refractivity contribution in [1.82, 2.24) is 0 Å². The summed E-state index contributed by atoms with van der Waals surface area (Å²) in [6.07, 6.45) is 0.219. The zero-order valence-corrected chi connectivity index (χ0v) is 13.6. The monoisotopic (exact) mass is 329 g/mol. The summed E-state index contributed by atoms with van der Waals surface area (Å²) in [6.45, 7) is 2.54. The van der Waals surface area contributed by atoms with E-state index in [9.17, 15) is 9.59 Å². The van der Waals surface area contributed by atoms with Gasteiger partial charge in [0.05, 0.1) is 12.1 Å². The van der Waals surface area contributed by atoms with Crippen LogP contribution in [0.5, 0.6) is 0 Å². The molecule has 1 atom stereocenters. The number of carbonyl (C=O) groups is 2. The summed E-state index contributed by atoms with van der Waals surface area (Å²) in [4.78, 5) is 26.1. The number of hydrogen-bond acceptors (Lipinski definition) is 2. The maximum atomic E-state index is 12.5. The number of aryl methyl sites for hydroxylation is 1. The molecule has 1 aliphatic heterocycles. The van der Waals surface area contributed by atoms with Gasteiger partial charge in [0.25, 0.3) is 5.91 Å². The van der Waals surface area contributed by atoms with Gasteiger partial charge in [-0.15, -0.1) is 0 Å². The van der Waals surface area contributed by atoms with Gasteiger partial charge in [-0.3, -0.25) is 9.59 Å². The second kappa shape index (κ2) is 6.52. The molecule has 1 aliphatic rings. The van der Waals surface area contributed by atoms with Crippen molar-refractivity contribution >= 4 is 29.1 Å². The first-order chi connectivity index (χ1) is 11.1. The van der Waals surface area contributed by atoms with Crippen LogP contribution >= 0.6 is 11.6 Å². The molecule has 5 heteroatoms. The average molecular weight is 330 g/mol. The number of amides is 2. The maximum Gasteiger partial charge on any atom is 0.292 e. The van der Waals surface area contributed by atoms with Crippen LogP contribution in [0.15, 0.2) is 48.5 Å². The van der Waals surface area contributed by atoms with Gasteiger partial charge in [-0.1, -0.05) is 47.5 Å². The number of anilines is 1. The van der Waals surface area contributed by atoms with Crippen LogP contribution in [-0.4, -0.2) is 17.9 Å². The van der Waals surface area contributed by atoms with E-state index in [2.05, 4.69) is 0 Å². The molecule has 2 aromatic carbocycles. The van der Waals surface area contributed by atoms with E-state index in [0.717, 1.165) is 11.1 Å². The molecule has 2 amide bonds. The molecule has 2 aromatic rings. The molecule has 4 nitrogen and oxygen atoms in total. The zero-order chi connectivity index (χ0) is 16.4. The topological polar surface area (TPSA) is 54.0 Å². The van der Waals surface area contributed by atoms with Gasteiger partial charge in [0.15, 0.2) is 6.04 Å². The fraction of sp³-hybridized carbons (Fsp3) is 0.222. The first-order valence-corrected chi connectivity index (χ1v) is 7.94. The van der Waals surface area contributed by atoms with Crippen molar-refractivity contribution in [1.29, 1.82) is 0 Å². The number of carbonyl (C=O) groups excluding carboxylic acids is 2. The number of imide groups is 1. The third-order valence-corrected chi connectivity index (χ3v) is 4.42. The molecule has 1 fully saturated rings. The number of halogens is 1. The highest BCUT2D eigenvalue weighted by molar-refractivity contribution is 6.31. The van der Waals surface area contributed by atoms with Crippen molar-refractivity contribution in [3.8, 4) is 0 Å². The van der Waals surface area contributed by atoms with Gasteiger partial charge in [0.1, 0.15) is 6.54 Å². The Morgan fingerprint density at radius 3 is 2.52 bits per heavy atom. The van der Waals surface area contributed by atoms with E-state index in [1.807, 2.05) is 60.8 Å². The lowest BCUT2D eigenvalue weighted by Crippen LogP contribution is -2.90. The second-order valence-corrected chi connectivity index (χ2v) is 6.15. The average Bonchev–Trinajstić information content (AvgIpc) is 2.82. The Morgan fingerprint density at radius 1 is 1.13 bits per heavy atom. The van der Waals surface area contributed by atoms with Crippen molar-refractivity contribution in [3.63, 3.8) is 0 Å². The molecular formula is C18H18ClN2O2+. The van der Waals surface area contributed by atoms with E-state index in [-0.39, 0.29) is 24.3 Å². The lowest BCUT2D eigenvalue weighted by molar-refractivity contribution is -0.690. The smallest absolute Gasteiger partial charge is 0.292 e. The Balaban J connectivity index is 1.71. The van der Waals surface area contributed by atoms with Gasteiger partial charge >= 0.3 is 0 Å². The normalized spacial score (nSPS) is 17.8. The Labute approximate surface area is 140 Å². The molecule has 3 rings (SSSR count). The minimum atomic E-state index is -0.389. The standard InChI is InChI=1S/C18H17ClN2O2/c1-12-6-8-14(9-7-12)21-17(22)10-16(18(21)23)20-11-13-4-2-3-5-15(13)19/h2-9,16,20H,10-11H2,1H3/p+1. The number of hydrogen-bond donors (Lipinski definition) is 1. The Morgan fingerprint density at radius 2 is 1.83 bits per heavy atom. The second-order valence-electron chi connectivity index (χ2n) is 5.74. The summed E-state index contributed by atoms with van der Waals surface area (Å²) in [5, 5.41) is 2.56. The Hall–Kier alpha value is -2.17. The zero-order valence-electron chi connectivity index (χ0n) is 12.8. The summed E-state index contributed by atoms with van der Waals surface area (Å²) in [5.74, 6) is -0.315. The molecule has 0 spiro atoms. The van der Waals surface area contributed by atoms with Gasteiger partial charge in [0.2, 0.25) is 5.91 Å². The molecule has 0 radical (unpaired) electrons. The molecule has 0 saturated carbocycles. The highest BCUT2D eigenvalue weighted by Gasteiger charge is 2.42. The van der Waals surface area contributed by atoms with E-state index in [0.29, 0.717) is 17.3 Å². The molecule has 2 N–H and O–H groups in total. The maximum absolute atomic E-state index is 12.5. The van der Waals surface area contributed by atoms with Crippen molar-refractivity contribution < 1.29 is 14.9 Å². The SMILES string of the molecule is Cc1ccc(N2C(=O)CC([NH2+]Cc3ccccc3Cl)C2=O)cc1. The third kappa shape index (κ3) is 3.28. The number of nitrogens with zero attached hydrogens (tertiary/aromatic N) is 1. The predicted octanol–water partition coefficient (Wildman–Crippen LogP) is 2.04. The summed E-state index contributed by atoms with van der Waals surface area (Å²) in [6, 6.07) is 14.6. The minimum absolute atomic E-state index is 0.153. The Bertz CT molecular complexity index is 743. The van der Waals surface area contributed by atoms with Gasteiger partial charge in [0, 0.05) is 10.6 Å². The van der Waals surface area contributed by atoms with Gasteiger partial charge < -0.3 is 5.32 Å². The largest absolute Gasteiger partial charge is 0.332 e. The van der Waals surface area contributed by atoms with Crippen LogP contribution in [0.1, 0.15) is 17.5 Å². The lowest BCUT2D eigenvalue weighted by Gasteiger charge is -2.14.